The molecule has 138 valence electrons. The molecular weight excluding hydrogens is 324 g/mol. The van der Waals surface area contributed by atoms with Crippen molar-refractivity contribution in [1.82, 2.24) is 0 Å². The number of nitrogens with two attached hydrogens (primary N) is 1. The van der Waals surface area contributed by atoms with Gasteiger partial charge in [0, 0.05) is 11.7 Å². The normalized spacial score (nSPS) is 20.0. The minimum Gasteiger partial charge on any atom is -0.393 e. The molecule has 0 radical (unpaired) electrons. The number of hydrogen-bond acceptors (Lipinski definition) is 3. The fourth-order valence-electron chi connectivity index (χ4n) is 3.88. The van der Waals surface area contributed by atoms with Crippen LogP contribution >= 0.6 is 0 Å². The van der Waals surface area contributed by atoms with Crippen molar-refractivity contribution in [3.8, 4) is 11.1 Å². The van der Waals surface area contributed by atoms with Crippen LogP contribution in [0.1, 0.15) is 52.7 Å². The van der Waals surface area contributed by atoms with Crippen LogP contribution in [0.15, 0.2) is 30.3 Å². The van der Waals surface area contributed by atoms with E-state index in [-0.39, 0.29) is 12.1 Å². The Hall–Kier alpha value is -2.33. The Balaban J connectivity index is 1.97. The van der Waals surface area contributed by atoms with Crippen molar-refractivity contribution in [1.29, 1.82) is 0 Å². The molecule has 1 fully saturated rings. The summed E-state index contributed by atoms with van der Waals surface area (Å²) in [5.41, 5.74) is 12.7. The van der Waals surface area contributed by atoms with Crippen LogP contribution in [0.25, 0.3) is 11.1 Å². The Labute approximate surface area is 155 Å². The number of carbonyl (C=O) groups is 1. The van der Waals surface area contributed by atoms with E-state index >= 15 is 0 Å². The number of anilines is 1. The van der Waals surface area contributed by atoms with Gasteiger partial charge >= 0.3 is 0 Å². The minimum absolute atomic E-state index is 0.197. The molecule has 1 saturated carbocycles. The Bertz CT molecular complexity index is 821. The highest BCUT2D eigenvalue weighted by Crippen LogP contribution is 2.33. The first-order chi connectivity index (χ1) is 12.3. The van der Waals surface area contributed by atoms with Crippen LogP contribution in [-0.2, 0) is 0 Å². The molecule has 4 nitrogen and oxygen atoms in total. The molecule has 26 heavy (non-hydrogen) atoms. The van der Waals surface area contributed by atoms with E-state index in [9.17, 15) is 9.90 Å². The first-order valence-electron chi connectivity index (χ1n) is 9.32. The van der Waals surface area contributed by atoms with E-state index in [4.69, 9.17) is 5.73 Å². The molecule has 1 aliphatic rings. The minimum atomic E-state index is -0.422. The molecule has 2 aromatic rings. The van der Waals surface area contributed by atoms with Crippen LogP contribution in [0.5, 0.6) is 0 Å². The second-order valence-corrected chi connectivity index (χ2v) is 7.55. The van der Waals surface area contributed by atoms with E-state index in [1.807, 2.05) is 12.1 Å². The average Bonchev–Trinajstić information content (AvgIpc) is 2.57. The summed E-state index contributed by atoms with van der Waals surface area (Å²) in [7, 11) is 0. The van der Waals surface area contributed by atoms with E-state index in [0.29, 0.717) is 5.56 Å². The average molecular weight is 352 g/mol. The lowest BCUT2D eigenvalue weighted by atomic mass is 9.91. The number of carbonyl (C=O) groups excluding carboxylic acids is 1. The maximum Gasteiger partial charge on any atom is 0.250 e. The van der Waals surface area contributed by atoms with Gasteiger partial charge in [-0.2, -0.15) is 0 Å². The third kappa shape index (κ3) is 3.91. The zero-order valence-corrected chi connectivity index (χ0v) is 15.8. The number of aliphatic hydroxyl groups is 1. The van der Waals surface area contributed by atoms with Gasteiger partial charge in [-0.25, -0.2) is 0 Å². The van der Waals surface area contributed by atoms with Crippen molar-refractivity contribution in [2.75, 3.05) is 5.32 Å². The van der Waals surface area contributed by atoms with Gasteiger partial charge in [-0.1, -0.05) is 23.8 Å². The van der Waals surface area contributed by atoms with E-state index in [0.717, 1.165) is 48.1 Å². The molecule has 0 aliphatic heterocycles. The second kappa shape index (κ2) is 7.50. The number of aliphatic hydroxyl groups excluding tert-OH is 1. The molecule has 4 N–H and O–H groups in total. The maximum atomic E-state index is 12.1. The Morgan fingerprint density at radius 3 is 2.27 bits per heavy atom. The zero-order chi connectivity index (χ0) is 18.8. The van der Waals surface area contributed by atoms with Crippen molar-refractivity contribution < 1.29 is 9.90 Å². The van der Waals surface area contributed by atoms with Crippen molar-refractivity contribution in [2.24, 2.45) is 5.73 Å². The Morgan fingerprint density at radius 2 is 1.65 bits per heavy atom. The van der Waals surface area contributed by atoms with Gasteiger partial charge in [0.25, 0.3) is 5.91 Å². The summed E-state index contributed by atoms with van der Waals surface area (Å²) in [6.45, 7) is 6.23. The summed E-state index contributed by atoms with van der Waals surface area (Å²) in [6, 6.07) is 10.6. The van der Waals surface area contributed by atoms with Crippen LogP contribution in [-0.4, -0.2) is 23.2 Å². The lowest BCUT2D eigenvalue weighted by Crippen LogP contribution is -2.29. The highest BCUT2D eigenvalue weighted by atomic mass is 16.3. The largest absolute Gasteiger partial charge is 0.393 e. The smallest absolute Gasteiger partial charge is 0.250 e. The number of rotatable bonds is 4. The van der Waals surface area contributed by atoms with Gasteiger partial charge in [-0.15, -0.1) is 0 Å². The number of benzene rings is 2. The van der Waals surface area contributed by atoms with Crippen LogP contribution in [0.2, 0.25) is 0 Å². The fourth-order valence-corrected chi connectivity index (χ4v) is 3.88. The lowest BCUT2D eigenvalue weighted by molar-refractivity contribution is 0.100. The Kier molecular flexibility index (Phi) is 5.33. The molecule has 0 heterocycles. The molecule has 0 bridgehead atoms. The summed E-state index contributed by atoms with van der Waals surface area (Å²) in [5.74, 6) is -0.422. The van der Waals surface area contributed by atoms with Crippen molar-refractivity contribution in [3.05, 3.63) is 52.6 Å². The molecule has 0 atom stereocenters. The summed E-state index contributed by atoms with van der Waals surface area (Å²) < 4.78 is 0. The van der Waals surface area contributed by atoms with Gasteiger partial charge in [0.15, 0.2) is 0 Å². The third-order valence-electron chi connectivity index (χ3n) is 5.36. The Morgan fingerprint density at radius 1 is 1.00 bits per heavy atom. The number of amides is 1. The molecule has 0 spiro atoms. The summed E-state index contributed by atoms with van der Waals surface area (Å²) >= 11 is 0. The van der Waals surface area contributed by atoms with E-state index in [1.54, 1.807) is 0 Å². The number of hydrogen-bond donors (Lipinski definition) is 3. The SMILES string of the molecule is Cc1ccc(-c2cc(C(N)=O)c(N[C@H]3CC[C@H](O)CC3)cc2C)c(C)c1. The highest BCUT2D eigenvalue weighted by molar-refractivity contribution is 6.00. The molecule has 2 aromatic carbocycles. The summed E-state index contributed by atoms with van der Waals surface area (Å²) in [5, 5.41) is 13.2. The van der Waals surface area contributed by atoms with Gasteiger partial charge in [0.05, 0.1) is 11.7 Å². The van der Waals surface area contributed by atoms with Gasteiger partial charge in [-0.05, 0) is 80.8 Å². The van der Waals surface area contributed by atoms with Gasteiger partial charge in [0.1, 0.15) is 0 Å². The molecule has 0 unspecified atom stereocenters. The first-order valence-corrected chi connectivity index (χ1v) is 9.32. The van der Waals surface area contributed by atoms with Crippen LogP contribution in [0.4, 0.5) is 5.69 Å². The van der Waals surface area contributed by atoms with Crippen molar-refractivity contribution in [2.45, 2.75) is 58.6 Å². The van der Waals surface area contributed by atoms with Crippen LogP contribution < -0.4 is 11.1 Å². The lowest BCUT2D eigenvalue weighted by Gasteiger charge is -2.28. The van der Waals surface area contributed by atoms with E-state index in [1.165, 1.54) is 11.1 Å². The maximum absolute atomic E-state index is 12.1. The van der Waals surface area contributed by atoms with E-state index < -0.39 is 5.91 Å². The monoisotopic (exact) mass is 352 g/mol. The molecular formula is C22H28N2O2. The van der Waals surface area contributed by atoms with Crippen molar-refractivity contribution in [3.63, 3.8) is 0 Å². The molecule has 1 amide bonds. The molecule has 0 aromatic heterocycles. The van der Waals surface area contributed by atoms with Crippen molar-refractivity contribution >= 4 is 11.6 Å². The van der Waals surface area contributed by atoms with Crippen LogP contribution in [0, 0.1) is 20.8 Å². The first kappa shape index (κ1) is 18.5. The van der Waals surface area contributed by atoms with Crippen LogP contribution in [0.3, 0.4) is 0 Å². The topological polar surface area (TPSA) is 75.4 Å². The standard InChI is InChI=1S/C22H28N2O2/c1-13-4-9-18(14(2)10-13)19-12-20(22(23)26)21(11-15(19)3)24-16-5-7-17(25)8-6-16/h4,9-12,16-17,24-25H,5-8H2,1-3H3,(H2,23,26)/t16-,17-. The third-order valence-corrected chi connectivity index (χ3v) is 5.36. The highest BCUT2D eigenvalue weighted by Gasteiger charge is 2.21. The quantitative estimate of drug-likeness (QED) is 0.776. The predicted molar refractivity (Wildman–Crippen MR) is 106 cm³/mol. The van der Waals surface area contributed by atoms with Gasteiger partial charge in [0.2, 0.25) is 0 Å². The fraction of sp³-hybridized carbons (Fsp3) is 0.409. The number of nitrogens with one attached hydrogen (secondary N) is 1. The second-order valence-electron chi connectivity index (χ2n) is 7.55. The summed E-state index contributed by atoms with van der Waals surface area (Å²) in [4.78, 5) is 12.1. The van der Waals surface area contributed by atoms with E-state index in [2.05, 4.69) is 44.3 Å². The summed E-state index contributed by atoms with van der Waals surface area (Å²) in [6.07, 6.45) is 3.19. The molecule has 1 aliphatic carbocycles. The molecule has 4 heteroatoms. The molecule has 0 saturated heterocycles. The number of aryl methyl sites for hydroxylation is 3. The predicted octanol–water partition coefficient (Wildman–Crippen LogP) is 4.09. The van der Waals surface area contributed by atoms with Gasteiger partial charge in [-0.3, -0.25) is 4.79 Å². The molecule has 3 rings (SSSR count). The van der Waals surface area contributed by atoms with Gasteiger partial charge < -0.3 is 16.2 Å². The zero-order valence-electron chi connectivity index (χ0n) is 15.8. The number of primary amides is 1.